The molecular formula is C26H47N3O4. The van der Waals surface area contributed by atoms with Crippen molar-refractivity contribution in [2.24, 2.45) is 11.3 Å². The van der Waals surface area contributed by atoms with E-state index < -0.39 is 11.5 Å². The second kappa shape index (κ2) is 12.5. The quantitative estimate of drug-likeness (QED) is 0.414. The van der Waals surface area contributed by atoms with E-state index in [0.29, 0.717) is 12.2 Å². The van der Waals surface area contributed by atoms with Crippen molar-refractivity contribution in [2.75, 3.05) is 20.2 Å². The van der Waals surface area contributed by atoms with Crippen molar-refractivity contribution in [3.63, 3.8) is 0 Å². The summed E-state index contributed by atoms with van der Waals surface area (Å²) in [6.07, 6.45) is 4.71. The first-order valence-corrected chi connectivity index (χ1v) is 12.4. The number of ether oxygens (including phenoxy) is 1. The fraction of sp³-hybridized carbons (Fsp3) is 0.808. The van der Waals surface area contributed by atoms with E-state index in [9.17, 15) is 14.4 Å². The van der Waals surface area contributed by atoms with E-state index in [1.54, 1.807) is 31.9 Å². The van der Waals surface area contributed by atoms with Crippen LogP contribution in [0.3, 0.4) is 0 Å². The van der Waals surface area contributed by atoms with Crippen LogP contribution in [0.2, 0.25) is 0 Å². The summed E-state index contributed by atoms with van der Waals surface area (Å²) in [4.78, 5) is 43.1. The molecule has 7 heteroatoms. The Kier molecular flexibility index (Phi) is 11.1. The summed E-state index contributed by atoms with van der Waals surface area (Å²) in [5.41, 5.74) is 0.000989. The maximum absolute atomic E-state index is 13.7. The molecule has 1 aliphatic heterocycles. The van der Waals surface area contributed by atoms with Gasteiger partial charge in [0.15, 0.2) is 0 Å². The first-order valence-electron chi connectivity index (χ1n) is 12.4. The van der Waals surface area contributed by atoms with Gasteiger partial charge in [0.05, 0.1) is 18.7 Å². The highest BCUT2D eigenvalue weighted by atomic mass is 16.5. The van der Waals surface area contributed by atoms with Gasteiger partial charge in [-0.2, -0.15) is 0 Å². The van der Waals surface area contributed by atoms with Crippen LogP contribution in [0.5, 0.6) is 0 Å². The molecule has 0 aromatic heterocycles. The third kappa shape index (κ3) is 8.13. The van der Waals surface area contributed by atoms with Crippen LogP contribution in [-0.2, 0) is 19.1 Å². The van der Waals surface area contributed by atoms with E-state index in [1.807, 2.05) is 34.6 Å². The van der Waals surface area contributed by atoms with Gasteiger partial charge in [0.1, 0.15) is 6.04 Å². The monoisotopic (exact) mass is 465 g/mol. The van der Waals surface area contributed by atoms with Gasteiger partial charge in [0, 0.05) is 18.7 Å². The molecule has 190 valence electrons. The highest BCUT2D eigenvalue weighted by Gasteiger charge is 2.39. The van der Waals surface area contributed by atoms with Gasteiger partial charge in [-0.25, -0.2) is 4.79 Å². The van der Waals surface area contributed by atoms with Crippen molar-refractivity contribution in [3.05, 3.63) is 11.6 Å². The van der Waals surface area contributed by atoms with Crippen LogP contribution < -0.4 is 5.32 Å². The minimum Gasteiger partial charge on any atom is -0.463 e. The molecule has 1 rings (SSSR count). The van der Waals surface area contributed by atoms with Crippen molar-refractivity contribution >= 4 is 17.8 Å². The van der Waals surface area contributed by atoms with E-state index in [0.717, 1.165) is 25.8 Å². The van der Waals surface area contributed by atoms with Crippen molar-refractivity contribution in [3.8, 4) is 0 Å². The van der Waals surface area contributed by atoms with Crippen LogP contribution >= 0.6 is 0 Å². The first kappa shape index (κ1) is 29.1. The molecular weight excluding hydrogens is 418 g/mol. The summed E-state index contributed by atoms with van der Waals surface area (Å²) < 4.78 is 5.10. The minimum atomic E-state index is -0.677. The van der Waals surface area contributed by atoms with Crippen molar-refractivity contribution < 1.29 is 19.1 Å². The molecule has 1 heterocycles. The average molecular weight is 466 g/mol. The molecule has 7 nitrogen and oxygen atoms in total. The predicted molar refractivity (Wildman–Crippen MR) is 133 cm³/mol. The smallest absolute Gasteiger partial charge is 0.333 e. The van der Waals surface area contributed by atoms with E-state index in [1.165, 1.54) is 0 Å². The third-order valence-corrected chi connectivity index (χ3v) is 6.41. The summed E-state index contributed by atoms with van der Waals surface area (Å²) in [7, 11) is 1.74. The number of carbonyl (C=O) groups is 3. The number of amides is 2. The number of likely N-dealkylation sites (N-methyl/N-ethyl adjacent to an activating group) is 1. The number of hydrogen-bond donors (Lipinski definition) is 1. The number of carbonyl (C=O) groups excluding carboxylic acids is 3. The van der Waals surface area contributed by atoms with Crippen LogP contribution in [0.25, 0.3) is 0 Å². The largest absolute Gasteiger partial charge is 0.463 e. The fourth-order valence-electron chi connectivity index (χ4n) is 4.41. The molecule has 1 fully saturated rings. The van der Waals surface area contributed by atoms with Gasteiger partial charge in [-0.15, -0.1) is 0 Å². The van der Waals surface area contributed by atoms with Crippen LogP contribution in [0, 0.1) is 11.3 Å². The van der Waals surface area contributed by atoms with Crippen LogP contribution in [-0.4, -0.2) is 72.0 Å². The van der Waals surface area contributed by atoms with Crippen LogP contribution in [0.1, 0.15) is 81.6 Å². The SMILES string of the molecule is CCOC(=O)C(C)=C[C@H](C(C)C)N(C)C(=O)C(NC(=O)C1CCCCN1C(C)C)C(C)(C)C. The number of hydrogen-bond acceptors (Lipinski definition) is 5. The fourth-order valence-corrected chi connectivity index (χ4v) is 4.41. The summed E-state index contributed by atoms with van der Waals surface area (Å²) in [5.74, 6) is -0.538. The van der Waals surface area contributed by atoms with Crippen LogP contribution in [0.15, 0.2) is 11.6 Å². The van der Waals surface area contributed by atoms with Crippen molar-refractivity contribution in [1.82, 2.24) is 15.1 Å². The third-order valence-electron chi connectivity index (χ3n) is 6.41. The maximum Gasteiger partial charge on any atom is 0.333 e. The minimum absolute atomic E-state index is 0.0782. The van der Waals surface area contributed by atoms with E-state index >= 15 is 0 Å². The molecule has 0 radical (unpaired) electrons. The molecule has 1 saturated heterocycles. The number of esters is 1. The zero-order valence-electron chi connectivity index (χ0n) is 22.5. The van der Waals surface area contributed by atoms with Crippen molar-refractivity contribution in [2.45, 2.75) is 106 Å². The first-order chi connectivity index (χ1) is 15.2. The van der Waals surface area contributed by atoms with Gasteiger partial charge in [-0.1, -0.05) is 47.1 Å². The van der Waals surface area contributed by atoms with Gasteiger partial charge in [0.25, 0.3) is 0 Å². The molecule has 0 aromatic carbocycles. The topological polar surface area (TPSA) is 79.0 Å². The highest BCUT2D eigenvalue weighted by molar-refractivity contribution is 5.91. The second-order valence-corrected chi connectivity index (χ2v) is 10.9. The van der Waals surface area contributed by atoms with Gasteiger partial charge in [0.2, 0.25) is 11.8 Å². The predicted octanol–water partition coefficient (Wildman–Crippen LogP) is 3.77. The number of nitrogens with zero attached hydrogens (tertiary/aromatic N) is 2. The molecule has 1 aliphatic rings. The molecule has 3 atom stereocenters. The lowest BCUT2D eigenvalue weighted by atomic mass is 9.84. The molecule has 0 saturated carbocycles. The van der Waals surface area contributed by atoms with Crippen LogP contribution in [0.4, 0.5) is 0 Å². The zero-order chi connectivity index (χ0) is 25.5. The summed E-state index contributed by atoms with van der Waals surface area (Å²) in [5, 5.41) is 3.10. The normalized spacial score (nSPS) is 19.9. The number of likely N-dealkylation sites (tertiary alicyclic amines) is 1. The molecule has 1 N–H and O–H groups in total. The van der Waals surface area contributed by atoms with Crippen molar-refractivity contribution in [1.29, 1.82) is 0 Å². The zero-order valence-corrected chi connectivity index (χ0v) is 22.5. The number of piperidine rings is 1. The summed E-state index contributed by atoms with van der Waals surface area (Å²) in [6.45, 7) is 18.8. The van der Waals surface area contributed by atoms with Gasteiger partial charge >= 0.3 is 5.97 Å². The Morgan fingerprint density at radius 3 is 2.24 bits per heavy atom. The molecule has 0 aromatic rings. The lowest BCUT2D eigenvalue weighted by Crippen LogP contribution is -2.60. The Balaban J connectivity index is 3.15. The van der Waals surface area contributed by atoms with Gasteiger partial charge in [-0.3, -0.25) is 14.5 Å². The standard InChI is InChI=1S/C26H47N3O4/c1-11-33-25(32)19(6)16-21(17(2)3)28(10)24(31)22(26(7,8)9)27-23(30)20-14-12-13-15-29(20)18(4)5/h16-18,20-22H,11-15H2,1-10H3,(H,27,30)/t20?,21-,22?/m1/s1. The average Bonchev–Trinajstić information content (AvgIpc) is 2.73. The molecule has 0 spiro atoms. The Hall–Kier alpha value is -1.89. The lowest BCUT2D eigenvalue weighted by Gasteiger charge is -2.41. The van der Waals surface area contributed by atoms with Gasteiger partial charge in [-0.05, 0) is 58.4 Å². The van der Waals surface area contributed by atoms with E-state index in [-0.39, 0.29) is 41.8 Å². The lowest BCUT2D eigenvalue weighted by molar-refractivity contribution is -0.142. The number of nitrogens with one attached hydrogen (secondary N) is 1. The highest BCUT2D eigenvalue weighted by Crippen LogP contribution is 2.26. The molecule has 33 heavy (non-hydrogen) atoms. The summed E-state index contributed by atoms with van der Waals surface area (Å²) >= 11 is 0. The summed E-state index contributed by atoms with van der Waals surface area (Å²) in [6, 6.07) is -0.920. The van der Waals surface area contributed by atoms with Gasteiger partial charge < -0.3 is 15.0 Å². The Morgan fingerprint density at radius 2 is 1.76 bits per heavy atom. The van der Waals surface area contributed by atoms with E-state index in [4.69, 9.17) is 4.74 Å². The molecule has 0 aliphatic carbocycles. The molecule has 2 unspecified atom stereocenters. The number of rotatable bonds is 9. The second-order valence-electron chi connectivity index (χ2n) is 10.9. The Bertz CT molecular complexity index is 709. The molecule has 2 amide bonds. The maximum atomic E-state index is 13.7. The molecule has 0 bridgehead atoms. The Morgan fingerprint density at radius 1 is 1.15 bits per heavy atom. The van der Waals surface area contributed by atoms with E-state index in [2.05, 4.69) is 24.1 Å². The Labute approximate surface area is 201 Å².